The first-order valence-electron chi connectivity index (χ1n) is 9.60. The van der Waals surface area contributed by atoms with Crippen molar-refractivity contribution in [1.82, 2.24) is 19.4 Å². The number of piperidine rings is 1. The van der Waals surface area contributed by atoms with Crippen LogP contribution in [-0.2, 0) is 6.54 Å². The molecule has 0 bridgehead atoms. The van der Waals surface area contributed by atoms with Gasteiger partial charge < -0.3 is 19.1 Å². The van der Waals surface area contributed by atoms with Crippen molar-refractivity contribution in [2.45, 2.75) is 32.2 Å². The van der Waals surface area contributed by atoms with Crippen LogP contribution in [0.15, 0.2) is 30.6 Å². The van der Waals surface area contributed by atoms with Crippen LogP contribution in [0.25, 0.3) is 0 Å². The Hall–Kier alpha value is -2.34. The number of ether oxygens (including phenoxy) is 1. The van der Waals surface area contributed by atoms with Crippen LogP contribution in [0.2, 0.25) is 0 Å². The van der Waals surface area contributed by atoms with Crippen molar-refractivity contribution in [3.63, 3.8) is 0 Å². The van der Waals surface area contributed by atoms with Crippen LogP contribution >= 0.6 is 0 Å². The molecule has 0 saturated carbocycles. The summed E-state index contributed by atoms with van der Waals surface area (Å²) in [5.41, 5.74) is 1.63. The lowest BCUT2D eigenvalue weighted by Crippen LogP contribution is -2.40. The van der Waals surface area contributed by atoms with Crippen LogP contribution in [0.4, 0.5) is 0 Å². The molecule has 1 aliphatic heterocycles. The number of likely N-dealkylation sites (tertiary alicyclic amines) is 1. The molecule has 146 valence electrons. The molecular weight excluding hydrogens is 340 g/mol. The number of hydrogen-bond acceptors (Lipinski definition) is 4. The van der Waals surface area contributed by atoms with E-state index in [1.54, 1.807) is 7.11 Å². The molecule has 1 aromatic carbocycles. The van der Waals surface area contributed by atoms with Crippen LogP contribution in [0.5, 0.6) is 5.75 Å². The Morgan fingerprint density at radius 2 is 2.19 bits per heavy atom. The van der Waals surface area contributed by atoms with Gasteiger partial charge in [-0.05, 0) is 46.0 Å². The molecule has 27 heavy (non-hydrogen) atoms. The third-order valence-electron chi connectivity index (χ3n) is 5.34. The number of carbonyl (C=O) groups is 1. The van der Waals surface area contributed by atoms with Crippen LogP contribution in [-0.4, -0.2) is 66.1 Å². The molecule has 1 saturated heterocycles. The molecule has 1 amide bonds. The Morgan fingerprint density at radius 1 is 1.37 bits per heavy atom. The molecule has 3 rings (SSSR count). The van der Waals surface area contributed by atoms with Crippen molar-refractivity contribution >= 4 is 5.91 Å². The molecular formula is C21H30N4O2. The van der Waals surface area contributed by atoms with Gasteiger partial charge in [0.1, 0.15) is 11.6 Å². The Kier molecular flexibility index (Phi) is 6.16. The van der Waals surface area contributed by atoms with E-state index in [1.807, 2.05) is 42.4 Å². The first-order chi connectivity index (χ1) is 13.0. The molecule has 0 N–H and O–H groups in total. The number of imidazole rings is 1. The van der Waals surface area contributed by atoms with Gasteiger partial charge in [0.15, 0.2) is 0 Å². The monoisotopic (exact) mass is 370 g/mol. The molecule has 0 unspecified atom stereocenters. The number of hydrogen-bond donors (Lipinski definition) is 0. The van der Waals surface area contributed by atoms with Crippen LogP contribution in [0.1, 0.15) is 40.5 Å². The third-order valence-corrected chi connectivity index (χ3v) is 5.34. The first-order valence-corrected chi connectivity index (χ1v) is 9.60. The fourth-order valence-electron chi connectivity index (χ4n) is 3.79. The van der Waals surface area contributed by atoms with Gasteiger partial charge in [-0.15, -0.1) is 0 Å². The molecule has 1 fully saturated rings. The molecule has 0 radical (unpaired) electrons. The second-order valence-electron chi connectivity index (χ2n) is 7.51. The lowest BCUT2D eigenvalue weighted by atomic mass is 9.95. The van der Waals surface area contributed by atoms with E-state index >= 15 is 0 Å². The zero-order valence-electron chi connectivity index (χ0n) is 16.8. The van der Waals surface area contributed by atoms with Gasteiger partial charge in [0.25, 0.3) is 5.91 Å². The summed E-state index contributed by atoms with van der Waals surface area (Å²) >= 11 is 0. The highest BCUT2D eigenvalue weighted by Gasteiger charge is 2.29. The maximum Gasteiger partial charge on any atom is 0.254 e. The Bertz CT molecular complexity index is 784. The van der Waals surface area contributed by atoms with Gasteiger partial charge in [0.2, 0.25) is 0 Å². The molecule has 2 heterocycles. The second kappa shape index (κ2) is 8.57. The lowest BCUT2D eigenvalue weighted by Gasteiger charge is -2.33. The van der Waals surface area contributed by atoms with Gasteiger partial charge in [-0.1, -0.05) is 6.07 Å². The number of methoxy groups -OCH3 is 1. The predicted octanol–water partition coefficient (Wildman–Crippen LogP) is 2.78. The Morgan fingerprint density at radius 3 is 2.93 bits per heavy atom. The highest BCUT2D eigenvalue weighted by atomic mass is 16.5. The smallest absolute Gasteiger partial charge is 0.254 e. The summed E-state index contributed by atoms with van der Waals surface area (Å²) in [6, 6.07) is 5.67. The highest BCUT2D eigenvalue weighted by Crippen LogP contribution is 2.28. The van der Waals surface area contributed by atoms with E-state index in [4.69, 9.17) is 4.74 Å². The number of likely N-dealkylation sites (N-methyl/N-ethyl adjacent to an activating group) is 1. The third kappa shape index (κ3) is 4.33. The summed E-state index contributed by atoms with van der Waals surface area (Å²) < 4.78 is 7.61. The normalized spacial score (nSPS) is 17.4. The topological polar surface area (TPSA) is 50.6 Å². The molecule has 1 aromatic heterocycles. The predicted molar refractivity (Wildman–Crippen MR) is 106 cm³/mol. The summed E-state index contributed by atoms with van der Waals surface area (Å²) in [4.78, 5) is 21.9. The molecule has 1 aliphatic rings. The van der Waals surface area contributed by atoms with E-state index in [2.05, 4.69) is 28.5 Å². The largest absolute Gasteiger partial charge is 0.496 e. The Balaban J connectivity index is 1.75. The van der Waals surface area contributed by atoms with E-state index in [0.29, 0.717) is 6.54 Å². The van der Waals surface area contributed by atoms with Crippen molar-refractivity contribution in [3.05, 3.63) is 47.5 Å². The van der Waals surface area contributed by atoms with Gasteiger partial charge in [0, 0.05) is 55.6 Å². The van der Waals surface area contributed by atoms with E-state index in [-0.39, 0.29) is 11.8 Å². The van der Waals surface area contributed by atoms with Gasteiger partial charge in [0.05, 0.1) is 7.11 Å². The fraction of sp³-hybridized carbons (Fsp3) is 0.524. The maximum atomic E-state index is 13.1. The summed E-state index contributed by atoms with van der Waals surface area (Å²) in [7, 11) is 5.79. The molecule has 0 aliphatic carbocycles. The minimum atomic E-state index is 0.0856. The van der Waals surface area contributed by atoms with Crippen molar-refractivity contribution in [2.75, 3.05) is 40.8 Å². The number of rotatable bonds is 6. The molecule has 2 aromatic rings. The molecule has 6 nitrogen and oxygen atoms in total. The first kappa shape index (κ1) is 19.4. The highest BCUT2D eigenvalue weighted by molar-refractivity contribution is 5.96. The lowest BCUT2D eigenvalue weighted by molar-refractivity contribution is 0.0702. The number of aromatic nitrogens is 2. The quantitative estimate of drug-likeness (QED) is 0.785. The van der Waals surface area contributed by atoms with Gasteiger partial charge in [-0.3, -0.25) is 4.79 Å². The van der Waals surface area contributed by atoms with Crippen molar-refractivity contribution in [3.8, 4) is 5.75 Å². The van der Waals surface area contributed by atoms with Crippen LogP contribution in [0, 0.1) is 6.92 Å². The van der Waals surface area contributed by atoms with Crippen molar-refractivity contribution in [1.29, 1.82) is 0 Å². The summed E-state index contributed by atoms with van der Waals surface area (Å²) in [6.07, 6.45) is 5.99. The van der Waals surface area contributed by atoms with Gasteiger partial charge >= 0.3 is 0 Å². The average Bonchev–Trinajstić information content (AvgIpc) is 3.15. The number of nitrogens with zero attached hydrogens (tertiary/aromatic N) is 4. The van der Waals surface area contributed by atoms with Crippen LogP contribution in [0.3, 0.4) is 0 Å². The number of amides is 1. The van der Waals surface area contributed by atoms with E-state index in [9.17, 15) is 4.79 Å². The maximum absolute atomic E-state index is 13.1. The molecule has 0 spiro atoms. The minimum Gasteiger partial charge on any atom is -0.496 e. The minimum absolute atomic E-state index is 0.0856. The summed E-state index contributed by atoms with van der Waals surface area (Å²) in [5.74, 6) is 2.22. The Labute approximate surface area is 161 Å². The summed E-state index contributed by atoms with van der Waals surface area (Å²) in [5, 5.41) is 0. The number of benzene rings is 1. The molecule has 1 atom stereocenters. The van der Waals surface area contributed by atoms with Crippen molar-refractivity contribution in [2.24, 2.45) is 0 Å². The average molecular weight is 370 g/mol. The number of carbonyl (C=O) groups excluding carboxylic acids is 1. The van der Waals surface area contributed by atoms with Gasteiger partial charge in [-0.25, -0.2) is 4.98 Å². The zero-order valence-corrected chi connectivity index (χ0v) is 16.8. The molecule has 6 heteroatoms. The summed E-state index contributed by atoms with van der Waals surface area (Å²) in [6.45, 7) is 5.35. The van der Waals surface area contributed by atoms with Crippen molar-refractivity contribution < 1.29 is 9.53 Å². The van der Waals surface area contributed by atoms with Gasteiger partial charge in [-0.2, -0.15) is 0 Å². The standard InChI is InChI=1S/C21H30N4O2/c1-16-18(8-5-9-19(16)27-4)21(26)25-11-6-7-17(15-25)20-22-10-12-24(20)14-13-23(2)3/h5,8-10,12,17H,6-7,11,13-15H2,1-4H3/t17-/m1/s1. The van der Waals surface area contributed by atoms with E-state index in [1.165, 1.54) is 0 Å². The van der Waals surface area contributed by atoms with E-state index < -0.39 is 0 Å². The zero-order chi connectivity index (χ0) is 19.4. The second-order valence-corrected chi connectivity index (χ2v) is 7.51. The van der Waals surface area contributed by atoms with E-state index in [0.717, 1.165) is 55.2 Å². The SMILES string of the molecule is COc1cccc(C(=O)N2CCC[C@@H](c3nccn3CCN(C)C)C2)c1C. The fourth-order valence-corrected chi connectivity index (χ4v) is 3.79. The van der Waals surface area contributed by atoms with Crippen LogP contribution < -0.4 is 4.74 Å².